The van der Waals surface area contributed by atoms with Crippen LogP contribution in [0.4, 0.5) is 0 Å². The van der Waals surface area contributed by atoms with E-state index in [1.807, 2.05) is 0 Å². The second-order valence-corrected chi connectivity index (χ2v) is 14.2. The number of nitrogens with one attached hydrogen (secondary N) is 1. The zero-order chi connectivity index (χ0) is 24.0. The highest BCUT2D eigenvalue weighted by atomic mass is 32.2. The molecular weight excluding hydrogens is 454 g/mol. The van der Waals surface area contributed by atoms with Crippen molar-refractivity contribution in [3.63, 3.8) is 0 Å². The van der Waals surface area contributed by atoms with Gasteiger partial charge in [0.2, 0.25) is 5.91 Å². The zero-order valence-corrected chi connectivity index (χ0v) is 23.1. The van der Waals surface area contributed by atoms with Gasteiger partial charge in [0.1, 0.15) is 0 Å². The van der Waals surface area contributed by atoms with Crippen LogP contribution in [0.1, 0.15) is 61.3 Å². The van der Waals surface area contributed by atoms with E-state index in [1.165, 1.54) is 6.92 Å². The predicted octanol–water partition coefficient (Wildman–Crippen LogP) is 4.03. The van der Waals surface area contributed by atoms with E-state index in [4.69, 9.17) is 9.47 Å². The Bertz CT molecular complexity index is 592. The van der Waals surface area contributed by atoms with E-state index in [1.54, 1.807) is 23.5 Å². The van der Waals surface area contributed by atoms with Gasteiger partial charge in [-0.2, -0.15) is 23.5 Å². The molecule has 6 nitrogen and oxygen atoms in total. The summed E-state index contributed by atoms with van der Waals surface area (Å²) in [6, 6.07) is 0. The number of hydrogen-bond acceptors (Lipinski definition) is 7. The van der Waals surface area contributed by atoms with E-state index in [2.05, 4.69) is 46.9 Å². The lowest BCUT2D eigenvalue weighted by Gasteiger charge is -2.30. The summed E-state index contributed by atoms with van der Waals surface area (Å²) in [5.74, 6) is 3.68. The van der Waals surface area contributed by atoms with Crippen molar-refractivity contribution in [3.05, 3.63) is 0 Å². The Hall–Kier alpha value is 0.0400. The quantitative estimate of drug-likeness (QED) is 0.269. The van der Waals surface area contributed by atoms with Crippen LogP contribution in [0.2, 0.25) is 0 Å². The molecule has 0 radical (unpaired) electrons. The molecule has 0 aliphatic carbocycles. The van der Waals surface area contributed by atoms with E-state index < -0.39 is 9.84 Å². The Labute approximate surface area is 199 Å². The fourth-order valence-electron chi connectivity index (χ4n) is 2.40. The van der Waals surface area contributed by atoms with Crippen molar-refractivity contribution in [2.75, 3.05) is 54.3 Å². The van der Waals surface area contributed by atoms with Crippen molar-refractivity contribution in [3.8, 4) is 0 Å². The lowest BCUT2D eigenvalue weighted by atomic mass is 10.0. The van der Waals surface area contributed by atoms with Crippen LogP contribution in [0.25, 0.3) is 0 Å². The molecule has 0 aliphatic heterocycles. The number of rotatable bonds is 19. The SMILES string of the molecule is CC(=O)NCCSCCS(=O)(=O)CCSCCC(C)(C)OCCC(C)(C)OCC(C)C. The van der Waals surface area contributed by atoms with Crippen LogP contribution in [0.15, 0.2) is 0 Å². The van der Waals surface area contributed by atoms with Crippen molar-refractivity contribution in [2.24, 2.45) is 5.92 Å². The van der Waals surface area contributed by atoms with E-state index in [0.29, 0.717) is 30.6 Å². The fraction of sp³-hybridized carbons (Fsp3) is 0.955. The van der Waals surface area contributed by atoms with Gasteiger partial charge in [0.05, 0.1) is 29.3 Å². The molecule has 0 aliphatic rings. The average Bonchev–Trinajstić information content (AvgIpc) is 2.62. The molecule has 0 rings (SSSR count). The minimum Gasteiger partial charge on any atom is -0.375 e. The maximum absolute atomic E-state index is 12.1. The number of hydrogen-bond donors (Lipinski definition) is 1. The molecule has 0 atom stereocenters. The number of thioether (sulfide) groups is 2. The number of ether oxygens (including phenoxy) is 2. The fourth-order valence-corrected chi connectivity index (χ4v) is 6.87. The Balaban J connectivity index is 3.90. The molecule has 31 heavy (non-hydrogen) atoms. The van der Waals surface area contributed by atoms with Crippen LogP contribution in [-0.2, 0) is 24.1 Å². The molecule has 0 saturated carbocycles. The molecule has 186 valence electrons. The summed E-state index contributed by atoms with van der Waals surface area (Å²) in [4.78, 5) is 10.8. The summed E-state index contributed by atoms with van der Waals surface area (Å²) in [7, 11) is -3.02. The molecule has 1 amide bonds. The van der Waals surface area contributed by atoms with Gasteiger partial charge in [-0.1, -0.05) is 13.8 Å². The van der Waals surface area contributed by atoms with Crippen molar-refractivity contribution < 1.29 is 22.7 Å². The van der Waals surface area contributed by atoms with Gasteiger partial charge in [0, 0.05) is 37.3 Å². The number of carbonyl (C=O) groups excluding carboxylic acids is 1. The Morgan fingerprint density at radius 2 is 1.45 bits per heavy atom. The monoisotopic (exact) mass is 499 g/mol. The summed E-state index contributed by atoms with van der Waals surface area (Å²) in [5.41, 5.74) is -0.420. The highest BCUT2D eigenvalue weighted by Crippen LogP contribution is 2.22. The highest BCUT2D eigenvalue weighted by Gasteiger charge is 2.23. The van der Waals surface area contributed by atoms with Crippen molar-refractivity contribution in [1.29, 1.82) is 0 Å². The normalized spacial score (nSPS) is 13.0. The summed E-state index contributed by atoms with van der Waals surface area (Å²) < 4.78 is 36.3. The number of amides is 1. The molecule has 0 heterocycles. The number of carbonyl (C=O) groups is 1. The first kappa shape index (κ1) is 31.0. The van der Waals surface area contributed by atoms with E-state index in [-0.39, 0.29) is 28.6 Å². The van der Waals surface area contributed by atoms with Gasteiger partial charge in [-0.25, -0.2) is 8.42 Å². The van der Waals surface area contributed by atoms with Gasteiger partial charge >= 0.3 is 0 Å². The van der Waals surface area contributed by atoms with E-state index >= 15 is 0 Å². The first-order valence-corrected chi connectivity index (χ1v) is 15.3. The molecular formula is C22H45NO5S3. The van der Waals surface area contributed by atoms with Crippen LogP contribution >= 0.6 is 23.5 Å². The standard InChI is InChI=1S/C22H45NO5S3/c1-19(2)18-28-21(4,5)8-11-27-22(6,7)9-12-29-14-16-31(25,26)17-15-30-13-10-23-20(3)24/h19H,8-18H2,1-7H3,(H,23,24). The molecule has 0 spiro atoms. The summed E-state index contributed by atoms with van der Waals surface area (Å²) >= 11 is 3.23. The minimum atomic E-state index is -3.02. The molecule has 0 aromatic carbocycles. The van der Waals surface area contributed by atoms with Crippen molar-refractivity contribution in [1.82, 2.24) is 5.32 Å². The first-order chi connectivity index (χ1) is 14.2. The Morgan fingerprint density at radius 3 is 2.00 bits per heavy atom. The lowest BCUT2D eigenvalue weighted by molar-refractivity contribution is -0.118. The second-order valence-electron chi connectivity index (χ2n) is 9.43. The zero-order valence-electron chi connectivity index (χ0n) is 20.6. The Morgan fingerprint density at radius 1 is 0.903 bits per heavy atom. The molecule has 0 fully saturated rings. The predicted molar refractivity (Wildman–Crippen MR) is 136 cm³/mol. The van der Waals surface area contributed by atoms with Gasteiger partial charge in [0.15, 0.2) is 9.84 Å². The van der Waals surface area contributed by atoms with Crippen LogP contribution in [0, 0.1) is 5.92 Å². The van der Waals surface area contributed by atoms with Crippen LogP contribution in [0.5, 0.6) is 0 Å². The van der Waals surface area contributed by atoms with Crippen LogP contribution in [0.3, 0.4) is 0 Å². The maximum atomic E-state index is 12.1. The summed E-state index contributed by atoms with van der Waals surface area (Å²) in [6.07, 6.45) is 1.72. The van der Waals surface area contributed by atoms with Crippen molar-refractivity contribution in [2.45, 2.75) is 72.5 Å². The topological polar surface area (TPSA) is 81.7 Å². The molecule has 0 aromatic rings. The van der Waals surface area contributed by atoms with Crippen molar-refractivity contribution >= 4 is 39.3 Å². The maximum Gasteiger partial charge on any atom is 0.216 e. The second kappa shape index (κ2) is 15.8. The van der Waals surface area contributed by atoms with Gasteiger partial charge in [-0.15, -0.1) is 0 Å². The summed E-state index contributed by atoms with van der Waals surface area (Å²) in [5, 5.41) is 2.70. The molecule has 1 N–H and O–H groups in total. The number of sulfone groups is 1. The highest BCUT2D eigenvalue weighted by molar-refractivity contribution is 8.02. The largest absolute Gasteiger partial charge is 0.375 e. The lowest BCUT2D eigenvalue weighted by Crippen LogP contribution is -2.32. The first-order valence-electron chi connectivity index (χ1n) is 11.1. The summed E-state index contributed by atoms with van der Waals surface area (Å²) in [6.45, 7) is 16.1. The molecule has 0 saturated heterocycles. The third-order valence-electron chi connectivity index (χ3n) is 4.55. The van der Waals surface area contributed by atoms with E-state index in [9.17, 15) is 13.2 Å². The van der Waals surface area contributed by atoms with Gasteiger partial charge in [-0.05, 0) is 52.2 Å². The van der Waals surface area contributed by atoms with Gasteiger partial charge < -0.3 is 14.8 Å². The Kier molecular flexibility index (Phi) is 15.8. The third-order valence-corrected chi connectivity index (χ3v) is 8.69. The average molecular weight is 500 g/mol. The van der Waals surface area contributed by atoms with E-state index in [0.717, 1.165) is 31.0 Å². The molecule has 9 heteroatoms. The van der Waals surface area contributed by atoms with Gasteiger partial charge in [-0.3, -0.25) is 4.79 Å². The van der Waals surface area contributed by atoms with Crippen LogP contribution < -0.4 is 5.32 Å². The smallest absolute Gasteiger partial charge is 0.216 e. The molecule has 0 unspecified atom stereocenters. The third kappa shape index (κ3) is 20.4. The molecule has 0 bridgehead atoms. The van der Waals surface area contributed by atoms with Crippen LogP contribution in [-0.4, -0.2) is 79.8 Å². The van der Waals surface area contributed by atoms with Gasteiger partial charge in [0.25, 0.3) is 0 Å². The minimum absolute atomic E-state index is 0.0571. The molecule has 0 aromatic heterocycles.